The molecule has 0 heterocycles. The Bertz CT molecular complexity index is 462. The number of carbonyl (C=O) groups is 1. The minimum absolute atomic E-state index is 0.0676. The molecule has 3 heteroatoms. The van der Waals surface area contributed by atoms with Gasteiger partial charge in [-0.25, -0.2) is 4.39 Å². The van der Waals surface area contributed by atoms with Crippen LogP contribution < -0.4 is 0 Å². The van der Waals surface area contributed by atoms with E-state index >= 15 is 0 Å². The highest BCUT2D eigenvalue weighted by atomic mass is 19.1. The summed E-state index contributed by atoms with van der Waals surface area (Å²) in [5.41, 5.74) is 0.344. The van der Waals surface area contributed by atoms with Crippen molar-refractivity contribution < 1.29 is 14.3 Å². The Kier molecular flexibility index (Phi) is 3.60. The van der Waals surface area contributed by atoms with Crippen molar-refractivity contribution in [2.24, 2.45) is 5.41 Å². The van der Waals surface area contributed by atoms with Crippen molar-refractivity contribution in [2.75, 3.05) is 0 Å². The third kappa shape index (κ3) is 2.06. The largest absolute Gasteiger partial charge is 0.507 e. The number of aromatic hydroxyl groups is 1. The predicted molar refractivity (Wildman–Crippen MR) is 66.0 cm³/mol. The molecule has 1 aliphatic carbocycles. The highest BCUT2D eigenvalue weighted by Gasteiger charge is 2.41. The molecule has 1 aromatic rings. The first kappa shape index (κ1) is 13.7. The fourth-order valence-corrected chi connectivity index (χ4v) is 2.08. The molecule has 0 aromatic heterocycles. The second-order valence-corrected chi connectivity index (χ2v) is 4.77. The van der Waals surface area contributed by atoms with Gasteiger partial charge in [0, 0.05) is 11.0 Å². The van der Waals surface area contributed by atoms with E-state index in [1.165, 1.54) is 6.07 Å². The third-order valence-corrected chi connectivity index (χ3v) is 3.00. The SMILES string of the molecule is CC.Cc1cc(F)c2c(c1O)C(=O)C(C)(C)C2. The number of hydrogen-bond acceptors (Lipinski definition) is 2. The molecule has 1 aromatic carbocycles. The second kappa shape index (κ2) is 4.47. The second-order valence-electron chi connectivity index (χ2n) is 4.77. The molecule has 0 fully saturated rings. The van der Waals surface area contributed by atoms with Crippen molar-refractivity contribution in [2.45, 2.75) is 41.0 Å². The maximum atomic E-state index is 13.6. The van der Waals surface area contributed by atoms with Gasteiger partial charge in [-0.15, -0.1) is 0 Å². The number of halogens is 1. The van der Waals surface area contributed by atoms with E-state index < -0.39 is 5.41 Å². The lowest BCUT2D eigenvalue weighted by atomic mass is 9.89. The Labute approximate surface area is 101 Å². The number of phenols is 1. The zero-order chi connectivity index (χ0) is 13.4. The van der Waals surface area contributed by atoms with E-state index in [0.29, 0.717) is 17.5 Å². The van der Waals surface area contributed by atoms with E-state index in [4.69, 9.17) is 0 Å². The average Bonchev–Trinajstić information content (AvgIpc) is 2.51. The Morgan fingerprint density at radius 2 is 1.88 bits per heavy atom. The molecular formula is C14H19FO2. The lowest BCUT2D eigenvalue weighted by Gasteiger charge is -2.13. The van der Waals surface area contributed by atoms with E-state index in [2.05, 4.69) is 0 Å². The fourth-order valence-electron chi connectivity index (χ4n) is 2.08. The van der Waals surface area contributed by atoms with E-state index in [1.807, 2.05) is 13.8 Å². The van der Waals surface area contributed by atoms with Crippen LogP contribution in [0.2, 0.25) is 0 Å². The maximum absolute atomic E-state index is 13.6. The van der Waals surface area contributed by atoms with Crippen LogP contribution in [0, 0.1) is 18.2 Å². The van der Waals surface area contributed by atoms with Crippen LogP contribution in [-0.2, 0) is 6.42 Å². The maximum Gasteiger partial charge on any atom is 0.172 e. The van der Waals surface area contributed by atoms with Gasteiger partial charge in [0.2, 0.25) is 0 Å². The molecule has 0 bridgehead atoms. The number of benzene rings is 1. The number of Topliss-reactive ketones (excluding diaryl/α,β-unsaturated/α-hetero) is 1. The molecule has 0 aliphatic heterocycles. The molecule has 2 nitrogen and oxygen atoms in total. The summed E-state index contributed by atoms with van der Waals surface area (Å²) < 4.78 is 13.6. The molecule has 1 aliphatic rings. The first-order valence-electron chi connectivity index (χ1n) is 5.90. The van der Waals surface area contributed by atoms with Gasteiger partial charge >= 0.3 is 0 Å². The van der Waals surface area contributed by atoms with Crippen LogP contribution in [0.5, 0.6) is 5.75 Å². The Morgan fingerprint density at radius 1 is 1.35 bits per heavy atom. The minimum atomic E-state index is -0.603. The molecule has 1 N–H and O–H groups in total. The molecule has 0 amide bonds. The van der Waals surface area contributed by atoms with Crippen molar-refractivity contribution in [3.8, 4) is 5.75 Å². The average molecular weight is 238 g/mol. The molecule has 0 unspecified atom stereocenters. The summed E-state index contributed by atoms with van der Waals surface area (Å²) in [6, 6.07) is 1.28. The number of hydrogen-bond donors (Lipinski definition) is 1. The van der Waals surface area contributed by atoms with E-state index in [-0.39, 0.29) is 22.9 Å². The van der Waals surface area contributed by atoms with E-state index in [1.54, 1.807) is 20.8 Å². The molecule has 0 saturated heterocycles. The normalized spacial score (nSPS) is 16.2. The summed E-state index contributed by atoms with van der Waals surface area (Å²) in [4.78, 5) is 11.9. The standard InChI is InChI=1S/C12H13FO2.C2H6/c1-6-4-8(13)7-5-12(2,3)11(15)9(7)10(6)14;1-2/h4,14H,5H2,1-3H3;1-2H3. The van der Waals surface area contributed by atoms with Gasteiger partial charge in [-0.05, 0) is 25.0 Å². The van der Waals surface area contributed by atoms with Crippen LogP contribution >= 0.6 is 0 Å². The first-order valence-corrected chi connectivity index (χ1v) is 5.90. The molecule has 0 radical (unpaired) electrons. The van der Waals surface area contributed by atoms with Gasteiger partial charge in [0.25, 0.3) is 0 Å². The summed E-state index contributed by atoms with van der Waals surface area (Å²) >= 11 is 0. The van der Waals surface area contributed by atoms with Crippen LogP contribution in [0.1, 0.15) is 49.2 Å². The Hall–Kier alpha value is -1.38. The van der Waals surface area contributed by atoms with Crippen LogP contribution in [0.3, 0.4) is 0 Å². The summed E-state index contributed by atoms with van der Waals surface area (Å²) in [6.07, 6.45) is 0.362. The van der Waals surface area contributed by atoms with Crippen LogP contribution in [0.4, 0.5) is 4.39 Å². The van der Waals surface area contributed by atoms with Crippen molar-refractivity contribution in [3.05, 3.63) is 28.6 Å². The monoisotopic (exact) mass is 238 g/mol. The van der Waals surface area contributed by atoms with Crippen LogP contribution in [0.15, 0.2) is 6.07 Å². The van der Waals surface area contributed by atoms with Gasteiger partial charge in [-0.3, -0.25) is 4.79 Å². The summed E-state index contributed by atoms with van der Waals surface area (Å²) in [6.45, 7) is 9.13. The summed E-state index contributed by atoms with van der Waals surface area (Å²) in [5.74, 6) is -0.626. The molecule has 0 saturated carbocycles. The van der Waals surface area contributed by atoms with Crippen molar-refractivity contribution >= 4 is 5.78 Å². The fraction of sp³-hybridized carbons (Fsp3) is 0.500. The highest BCUT2D eigenvalue weighted by molar-refractivity contribution is 6.06. The van der Waals surface area contributed by atoms with Crippen molar-refractivity contribution in [1.29, 1.82) is 0 Å². The summed E-state index contributed by atoms with van der Waals surface area (Å²) in [5, 5.41) is 9.76. The van der Waals surface area contributed by atoms with Gasteiger partial charge in [-0.2, -0.15) is 0 Å². The number of fused-ring (bicyclic) bond motifs is 1. The minimum Gasteiger partial charge on any atom is -0.507 e. The predicted octanol–water partition coefficient (Wildman–Crippen LogP) is 3.63. The number of carbonyl (C=O) groups excluding carboxylic acids is 1. The molecule has 2 rings (SSSR count). The van der Waals surface area contributed by atoms with Crippen LogP contribution in [0.25, 0.3) is 0 Å². The Morgan fingerprint density at radius 3 is 2.41 bits per heavy atom. The molecule has 17 heavy (non-hydrogen) atoms. The Balaban J connectivity index is 0.000000686. The zero-order valence-electron chi connectivity index (χ0n) is 11.0. The lowest BCUT2D eigenvalue weighted by Crippen LogP contribution is -2.19. The number of rotatable bonds is 0. The van der Waals surface area contributed by atoms with Crippen molar-refractivity contribution in [1.82, 2.24) is 0 Å². The van der Waals surface area contributed by atoms with Gasteiger partial charge in [-0.1, -0.05) is 27.7 Å². The first-order chi connectivity index (χ1) is 7.84. The molecule has 0 atom stereocenters. The van der Waals surface area contributed by atoms with Crippen molar-refractivity contribution in [3.63, 3.8) is 0 Å². The van der Waals surface area contributed by atoms with Gasteiger partial charge in [0.15, 0.2) is 5.78 Å². The summed E-state index contributed by atoms with van der Waals surface area (Å²) in [7, 11) is 0. The molecule has 94 valence electrons. The number of aryl methyl sites for hydroxylation is 1. The van der Waals surface area contributed by atoms with Gasteiger partial charge in [0.05, 0.1) is 5.56 Å². The zero-order valence-corrected chi connectivity index (χ0v) is 11.0. The smallest absolute Gasteiger partial charge is 0.172 e. The van der Waals surface area contributed by atoms with Gasteiger partial charge < -0.3 is 5.11 Å². The highest BCUT2D eigenvalue weighted by Crippen LogP contribution is 2.42. The molecule has 0 spiro atoms. The van der Waals surface area contributed by atoms with Crippen LogP contribution in [-0.4, -0.2) is 10.9 Å². The lowest BCUT2D eigenvalue weighted by molar-refractivity contribution is 0.0861. The third-order valence-electron chi connectivity index (χ3n) is 3.00. The quantitative estimate of drug-likeness (QED) is 0.749. The van der Waals surface area contributed by atoms with E-state index in [9.17, 15) is 14.3 Å². The number of ketones is 1. The topological polar surface area (TPSA) is 37.3 Å². The van der Waals surface area contributed by atoms with Gasteiger partial charge in [0.1, 0.15) is 11.6 Å². The van der Waals surface area contributed by atoms with E-state index in [0.717, 1.165) is 0 Å². The molecular weight excluding hydrogens is 219 g/mol. The number of phenolic OH excluding ortho intramolecular Hbond substituents is 1.